The zero-order valence-corrected chi connectivity index (χ0v) is 13.4. The summed E-state index contributed by atoms with van der Waals surface area (Å²) in [5, 5.41) is 16.0. The van der Waals surface area contributed by atoms with Crippen molar-refractivity contribution in [1.82, 2.24) is 10.2 Å². The molecule has 0 unspecified atom stereocenters. The molecule has 23 heavy (non-hydrogen) atoms. The van der Waals surface area contributed by atoms with E-state index < -0.39 is 0 Å². The van der Waals surface area contributed by atoms with Crippen LogP contribution in [0.3, 0.4) is 0 Å². The van der Waals surface area contributed by atoms with Crippen LogP contribution in [0.25, 0.3) is 0 Å². The standard InChI is InChI=1S/C17H16N4OS/c1-12-4-2-5-13(10-12)18-15-7-8-16(21-20-15)19-17(22)11-14-6-3-9-23-14/h2-10H,11H2,1H3,(H,18,20)(H,19,21,22). The first-order valence-corrected chi connectivity index (χ1v) is 8.07. The molecule has 0 aliphatic carbocycles. The molecule has 116 valence electrons. The molecule has 3 rings (SSSR count). The van der Waals surface area contributed by atoms with Crippen molar-refractivity contribution in [2.24, 2.45) is 0 Å². The largest absolute Gasteiger partial charge is 0.339 e. The van der Waals surface area contributed by atoms with Crippen LogP contribution in [0.2, 0.25) is 0 Å². The van der Waals surface area contributed by atoms with Crippen molar-refractivity contribution in [3.63, 3.8) is 0 Å². The van der Waals surface area contributed by atoms with Crippen molar-refractivity contribution in [2.75, 3.05) is 10.6 Å². The number of hydrogen-bond acceptors (Lipinski definition) is 5. The van der Waals surface area contributed by atoms with Crippen molar-refractivity contribution in [1.29, 1.82) is 0 Å². The maximum Gasteiger partial charge on any atom is 0.230 e. The highest BCUT2D eigenvalue weighted by atomic mass is 32.1. The number of anilines is 3. The van der Waals surface area contributed by atoms with Crippen molar-refractivity contribution in [2.45, 2.75) is 13.3 Å². The highest BCUT2D eigenvalue weighted by molar-refractivity contribution is 7.10. The molecule has 0 spiro atoms. The third-order valence-corrected chi connectivity index (χ3v) is 4.01. The molecule has 6 heteroatoms. The summed E-state index contributed by atoms with van der Waals surface area (Å²) < 4.78 is 0. The van der Waals surface area contributed by atoms with Gasteiger partial charge in [0.05, 0.1) is 6.42 Å². The third kappa shape index (κ3) is 4.37. The Morgan fingerprint density at radius 1 is 1.09 bits per heavy atom. The van der Waals surface area contributed by atoms with Crippen molar-refractivity contribution < 1.29 is 4.79 Å². The Balaban J connectivity index is 1.59. The number of nitrogens with one attached hydrogen (secondary N) is 2. The van der Waals surface area contributed by atoms with Gasteiger partial charge >= 0.3 is 0 Å². The van der Waals surface area contributed by atoms with Gasteiger partial charge in [-0.2, -0.15) is 0 Å². The van der Waals surface area contributed by atoms with Crippen molar-refractivity contribution >= 4 is 34.6 Å². The number of aromatic nitrogens is 2. The summed E-state index contributed by atoms with van der Waals surface area (Å²) in [6, 6.07) is 15.4. The van der Waals surface area contributed by atoms with Gasteiger partial charge in [-0.25, -0.2) is 0 Å². The van der Waals surface area contributed by atoms with Gasteiger partial charge in [0.1, 0.15) is 0 Å². The molecule has 2 heterocycles. The lowest BCUT2D eigenvalue weighted by Crippen LogP contribution is -2.15. The van der Waals surface area contributed by atoms with E-state index in [-0.39, 0.29) is 5.91 Å². The van der Waals surface area contributed by atoms with E-state index in [0.29, 0.717) is 18.1 Å². The van der Waals surface area contributed by atoms with Crippen LogP contribution in [0.4, 0.5) is 17.3 Å². The first-order valence-electron chi connectivity index (χ1n) is 7.19. The Hall–Kier alpha value is -2.73. The minimum atomic E-state index is -0.0962. The van der Waals surface area contributed by atoms with E-state index in [9.17, 15) is 4.79 Å². The van der Waals surface area contributed by atoms with Crippen LogP contribution >= 0.6 is 11.3 Å². The predicted molar refractivity (Wildman–Crippen MR) is 93.1 cm³/mol. The molecule has 0 fully saturated rings. The van der Waals surface area contributed by atoms with Crippen LogP contribution in [0, 0.1) is 6.92 Å². The summed E-state index contributed by atoms with van der Waals surface area (Å²) in [6.45, 7) is 2.03. The lowest BCUT2D eigenvalue weighted by atomic mass is 10.2. The highest BCUT2D eigenvalue weighted by Gasteiger charge is 2.06. The Kier molecular flexibility index (Phi) is 4.63. The van der Waals surface area contributed by atoms with Gasteiger partial charge in [-0.3, -0.25) is 4.79 Å². The van der Waals surface area contributed by atoms with Gasteiger partial charge in [0.25, 0.3) is 0 Å². The molecule has 0 radical (unpaired) electrons. The smallest absolute Gasteiger partial charge is 0.230 e. The van der Waals surface area contributed by atoms with E-state index in [2.05, 4.69) is 20.8 Å². The summed E-state index contributed by atoms with van der Waals surface area (Å²) in [5.74, 6) is 0.981. The average molecular weight is 324 g/mol. The van der Waals surface area contributed by atoms with Gasteiger partial charge in [-0.05, 0) is 48.2 Å². The second kappa shape index (κ2) is 7.02. The van der Waals surface area contributed by atoms with Crippen LogP contribution in [0.15, 0.2) is 53.9 Å². The molecule has 2 aromatic heterocycles. The second-order valence-electron chi connectivity index (χ2n) is 5.10. The summed E-state index contributed by atoms with van der Waals surface area (Å²) in [7, 11) is 0. The normalized spacial score (nSPS) is 10.3. The number of amides is 1. The van der Waals surface area contributed by atoms with Crippen LogP contribution in [0.1, 0.15) is 10.4 Å². The van der Waals surface area contributed by atoms with Gasteiger partial charge in [0.2, 0.25) is 5.91 Å². The third-order valence-electron chi connectivity index (χ3n) is 3.14. The zero-order chi connectivity index (χ0) is 16.1. The summed E-state index contributed by atoms with van der Waals surface area (Å²) >= 11 is 1.56. The van der Waals surface area contributed by atoms with Crippen LogP contribution in [-0.2, 0) is 11.2 Å². The van der Waals surface area contributed by atoms with Crippen LogP contribution in [-0.4, -0.2) is 16.1 Å². The maximum absolute atomic E-state index is 11.9. The molecule has 0 saturated heterocycles. The topological polar surface area (TPSA) is 66.9 Å². The molecule has 0 bridgehead atoms. The van der Waals surface area contributed by atoms with Crippen molar-refractivity contribution in [3.8, 4) is 0 Å². The number of nitrogens with zero attached hydrogens (tertiary/aromatic N) is 2. The Morgan fingerprint density at radius 2 is 1.91 bits per heavy atom. The Bertz CT molecular complexity index is 785. The van der Waals surface area contributed by atoms with E-state index in [4.69, 9.17) is 0 Å². The molecule has 0 saturated carbocycles. The number of carbonyl (C=O) groups is 1. The predicted octanol–water partition coefficient (Wildman–Crippen LogP) is 3.77. The lowest BCUT2D eigenvalue weighted by molar-refractivity contribution is -0.115. The van der Waals surface area contributed by atoms with Gasteiger partial charge in [0, 0.05) is 10.6 Å². The molecular formula is C17H16N4OS. The fourth-order valence-corrected chi connectivity index (χ4v) is 2.80. The Labute approximate surface area is 138 Å². The number of benzene rings is 1. The van der Waals surface area contributed by atoms with Crippen LogP contribution in [0.5, 0.6) is 0 Å². The zero-order valence-electron chi connectivity index (χ0n) is 12.6. The highest BCUT2D eigenvalue weighted by Crippen LogP contribution is 2.16. The monoisotopic (exact) mass is 324 g/mol. The number of carbonyl (C=O) groups excluding carboxylic acids is 1. The molecule has 3 aromatic rings. The SMILES string of the molecule is Cc1cccc(Nc2ccc(NC(=O)Cc3cccs3)nn2)c1. The van der Waals surface area contributed by atoms with Crippen molar-refractivity contribution in [3.05, 3.63) is 64.4 Å². The van der Waals surface area contributed by atoms with E-state index >= 15 is 0 Å². The first kappa shape index (κ1) is 15.2. The fourth-order valence-electron chi connectivity index (χ4n) is 2.09. The number of hydrogen-bond donors (Lipinski definition) is 2. The fraction of sp³-hybridized carbons (Fsp3) is 0.118. The van der Waals surface area contributed by atoms with Gasteiger partial charge < -0.3 is 10.6 Å². The molecule has 5 nitrogen and oxygen atoms in total. The summed E-state index contributed by atoms with van der Waals surface area (Å²) in [5.41, 5.74) is 2.12. The molecule has 0 atom stereocenters. The first-order chi connectivity index (χ1) is 11.2. The molecule has 2 N–H and O–H groups in total. The maximum atomic E-state index is 11.9. The molecule has 1 aromatic carbocycles. The minimum Gasteiger partial charge on any atom is -0.339 e. The summed E-state index contributed by atoms with van der Waals surface area (Å²) in [6.07, 6.45) is 0.350. The van der Waals surface area contributed by atoms with Gasteiger partial charge in [-0.1, -0.05) is 18.2 Å². The second-order valence-corrected chi connectivity index (χ2v) is 6.13. The lowest BCUT2D eigenvalue weighted by Gasteiger charge is -2.07. The van der Waals surface area contributed by atoms with Gasteiger partial charge in [0.15, 0.2) is 11.6 Å². The molecular weight excluding hydrogens is 308 g/mol. The molecule has 1 amide bonds. The van der Waals surface area contributed by atoms with Gasteiger partial charge in [-0.15, -0.1) is 21.5 Å². The number of aryl methyl sites for hydroxylation is 1. The number of rotatable bonds is 5. The molecule has 0 aliphatic heterocycles. The average Bonchev–Trinajstić information content (AvgIpc) is 3.02. The Morgan fingerprint density at radius 3 is 2.61 bits per heavy atom. The quantitative estimate of drug-likeness (QED) is 0.749. The minimum absolute atomic E-state index is 0.0962. The summed E-state index contributed by atoms with van der Waals surface area (Å²) in [4.78, 5) is 12.9. The van der Waals surface area contributed by atoms with E-state index in [1.807, 2.05) is 48.7 Å². The van der Waals surface area contributed by atoms with E-state index in [0.717, 1.165) is 10.6 Å². The van der Waals surface area contributed by atoms with Crippen LogP contribution < -0.4 is 10.6 Å². The van der Waals surface area contributed by atoms with E-state index in [1.54, 1.807) is 23.5 Å². The number of thiophene rings is 1. The van der Waals surface area contributed by atoms with E-state index in [1.165, 1.54) is 5.56 Å². The molecule has 0 aliphatic rings.